The molecule has 276 valence electrons. The monoisotopic (exact) mass is 713 g/mol. The number of ether oxygens (including phenoxy) is 3. The molecular formula is C37H56FN5O6Si. The SMILES string of the molecule is Cc1cc(N(C)C(=O)OC(C)(C)C)cc(Nc2nc3c(c(C4=CCN(C(=O)OC(C)(C)C)CCC4)c2F)OCCC3O[Si](C)(C)C(C)(C)C)n1. The van der Waals surface area contributed by atoms with E-state index >= 15 is 4.39 Å². The van der Waals surface area contributed by atoms with Gasteiger partial charge in [-0.15, -0.1) is 0 Å². The van der Waals surface area contributed by atoms with E-state index in [0.717, 1.165) is 0 Å². The molecule has 2 amide bonds. The molecule has 0 aliphatic carbocycles. The van der Waals surface area contributed by atoms with Gasteiger partial charge in [-0.2, -0.15) is 0 Å². The first-order valence-corrected chi connectivity index (χ1v) is 20.3. The highest BCUT2D eigenvalue weighted by molar-refractivity contribution is 6.74. The Morgan fingerprint density at radius 1 is 1.04 bits per heavy atom. The zero-order chi connectivity index (χ0) is 37.4. The predicted molar refractivity (Wildman–Crippen MR) is 197 cm³/mol. The maximum Gasteiger partial charge on any atom is 0.414 e. The number of allylic oxidation sites excluding steroid dienone is 1. The minimum Gasteiger partial charge on any atom is -0.491 e. The lowest BCUT2D eigenvalue weighted by atomic mass is 9.96. The highest BCUT2D eigenvalue weighted by Crippen LogP contribution is 2.47. The fourth-order valence-corrected chi connectivity index (χ4v) is 6.71. The first-order valence-electron chi connectivity index (χ1n) is 17.4. The van der Waals surface area contributed by atoms with Crippen LogP contribution < -0.4 is 15.0 Å². The molecule has 0 aromatic carbocycles. The largest absolute Gasteiger partial charge is 0.491 e. The van der Waals surface area contributed by atoms with E-state index in [4.69, 9.17) is 23.6 Å². The number of hydrogen-bond acceptors (Lipinski definition) is 9. The number of rotatable bonds is 6. The van der Waals surface area contributed by atoms with Crippen LogP contribution in [0.15, 0.2) is 18.2 Å². The normalized spacial score (nSPS) is 17.2. The molecule has 2 aromatic rings. The van der Waals surface area contributed by atoms with Crippen molar-refractivity contribution in [1.29, 1.82) is 0 Å². The van der Waals surface area contributed by atoms with Crippen LogP contribution in [0.3, 0.4) is 0 Å². The van der Waals surface area contributed by atoms with Crippen molar-refractivity contribution < 1.29 is 32.6 Å². The number of carbonyl (C=O) groups excluding carboxylic acids is 2. The van der Waals surface area contributed by atoms with Gasteiger partial charge in [-0.25, -0.2) is 23.9 Å². The Labute approximate surface area is 298 Å². The Kier molecular flexibility index (Phi) is 11.3. The van der Waals surface area contributed by atoms with Crippen LogP contribution in [0, 0.1) is 12.7 Å². The quantitative estimate of drug-likeness (QED) is 0.293. The molecule has 2 aromatic heterocycles. The summed E-state index contributed by atoms with van der Waals surface area (Å²) in [6.45, 7) is 24.7. The van der Waals surface area contributed by atoms with Gasteiger partial charge in [-0.1, -0.05) is 26.8 Å². The fraction of sp³-hybridized carbons (Fsp3) is 0.622. The van der Waals surface area contributed by atoms with Gasteiger partial charge in [0, 0.05) is 38.3 Å². The van der Waals surface area contributed by atoms with Gasteiger partial charge in [0.15, 0.2) is 25.7 Å². The Morgan fingerprint density at radius 2 is 1.70 bits per heavy atom. The van der Waals surface area contributed by atoms with Crippen molar-refractivity contribution in [2.75, 3.05) is 37.0 Å². The maximum atomic E-state index is 17.0. The van der Waals surface area contributed by atoms with Gasteiger partial charge in [-0.05, 0) is 91.1 Å². The Hall–Kier alpha value is -3.71. The van der Waals surface area contributed by atoms with Crippen molar-refractivity contribution in [2.45, 2.75) is 124 Å². The van der Waals surface area contributed by atoms with Crippen LogP contribution in [0.4, 0.5) is 31.3 Å². The molecule has 0 fully saturated rings. The minimum atomic E-state index is -2.27. The number of hydrogen-bond donors (Lipinski definition) is 1. The number of halogens is 1. The second kappa shape index (κ2) is 14.5. The smallest absolute Gasteiger partial charge is 0.414 e. The highest BCUT2D eigenvalue weighted by Gasteiger charge is 2.42. The summed E-state index contributed by atoms with van der Waals surface area (Å²) in [5.41, 5.74) is 1.34. The molecule has 1 unspecified atom stereocenters. The Balaban J connectivity index is 1.81. The molecular weight excluding hydrogens is 658 g/mol. The molecule has 0 bridgehead atoms. The summed E-state index contributed by atoms with van der Waals surface area (Å²) in [5, 5.41) is 3.06. The molecule has 0 saturated heterocycles. The summed E-state index contributed by atoms with van der Waals surface area (Å²) < 4.78 is 41.3. The average Bonchev–Trinajstić information content (AvgIpc) is 3.21. The lowest BCUT2D eigenvalue weighted by molar-refractivity contribution is 0.0273. The van der Waals surface area contributed by atoms with Gasteiger partial charge in [0.1, 0.15) is 22.7 Å². The van der Waals surface area contributed by atoms with E-state index in [9.17, 15) is 9.59 Å². The number of amides is 2. The van der Waals surface area contributed by atoms with E-state index in [1.165, 1.54) is 4.90 Å². The fourth-order valence-electron chi connectivity index (χ4n) is 5.41. The van der Waals surface area contributed by atoms with Gasteiger partial charge in [-0.3, -0.25) is 4.90 Å². The third-order valence-electron chi connectivity index (χ3n) is 8.94. The number of pyridine rings is 2. The first kappa shape index (κ1) is 39.1. The van der Waals surface area contributed by atoms with Crippen LogP contribution in [0.2, 0.25) is 18.1 Å². The van der Waals surface area contributed by atoms with Crippen LogP contribution in [0.5, 0.6) is 5.75 Å². The van der Waals surface area contributed by atoms with Gasteiger partial charge in [0.25, 0.3) is 0 Å². The molecule has 1 N–H and O–H groups in total. The maximum absolute atomic E-state index is 17.0. The van der Waals surface area contributed by atoms with E-state index in [1.807, 2.05) is 26.8 Å². The molecule has 1 atom stereocenters. The van der Waals surface area contributed by atoms with Crippen LogP contribution >= 0.6 is 0 Å². The minimum absolute atomic E-state index is 0.0359. The van der Waals surface area contributed by atoms with Crippen molar-refractivity contribution in [2.24, 2.45) is 0 Å². The summed E-state index contributed by atoms with van der Waals surface area (Å²) in [6, 6.07) is 3.40. The zero-order valence-electron chi connectivity index (χ0n) is 32.2. The summed E-state index contributed by atoms with van der Waals surface area (Å²) in [4.78, 5) is 38.3. The van der Waals surface area contributed by atoms with E-state index in [-0.39, 0.29) is 17.4 Å². The van der Waals surface area contributed by atoms with Crippen molar-refractivity contribution in [3.63, 3.8) is 0 Å². The summed E-state index contributed by atoms with van der Waals surface area (Å²) >= 11 is 0. The third kappa shape index (κ3) is 9.54. The van der Waals surface area contributed by atoms with Crippen molar-refractivity contribution >= 4 is 43.4 Å². The molecule has 0 radical (unpaired) electrons. The van der Waals surface area contributed by atoms with Gasteiger partial charge < -0.3 is 28.9 Å². The molecule has 11 nitrogen and oxygen atoms in total. The van der Waals surface area contributed by atoms with Crippen LogP contribution in [-0.4, -0.2) is 73.3 Å². The van der Waals surface area contributed by atoms with E-state index in [2.05, 4.69) is 44.2 Å². The van der Waals surface area contributed by atoms with Gasteiger partial charge in [0.2, 0.25) is 0 Å². The summed E-state index contributed by atoms with van der Waals surface area (Å²) in [6.07, 6.45) is 2.20. The second-order valence-corrected chi connectivity index (χ2v) is 21.4. The van der Waals surface area contributed by atoms with E-state index in [0.29, 0.717) is 72.2 Å². The average molecular weight is 714 g/mol. The van der Waals surface area contributed by atoms with Crippen molar-refractivity contribution in [3.8, 4) is 5.75 Å². The molecule has 2 aliphatic rings. The first-order chi connectivity index (χ1) is 23.0. The molecule has 0 spiro atoms. The molecule has 2 aliphatic heterocycles. The van der Waals surface area contributed by atoms with Crippen LogP contribution in [0.1, 0.15) is 105 Å². The van der Waals surface area contributed by atoms with Gasteiger partial charge >= 0.3 is 12.2 Å². The number of nitrogens with zero attached hydrogens (tertiary/aromatic N) is 4. The van der Waals surface area contributed by atoms with Crippen LogP contribution in [0.25, 0.3) is 5.57 Å². The summed E-state index contributed by atoms with van der Waals surface area (Å²) in [5.74, 6) is 0.0324. The zero-order valence-corrected chi connectivity index (χ0v) is 33.2. The van der Waals surface area contributed by atoms with Crippen molar-refractivity contribution in [1.82, 2.24) is 14.9 Å². The van der Waals surface area contributed by atoms with Crippen LogP contribution in [-0.2, 0) is 13.9 Å². The number of carbonyl (C=O) groups is 2. The number of aromatic nitrogens is 2. The predicted octanol–water partition coefficient (Wildman–Crippen LogP) is 9.30. The Bertz CT molecular complexity index is 1630. The number of anilines is 3. The second-order valence-electron chi connectivity index (χ2n) is 16.6. The van der Waals surface area contributed by atoms with E-state index in [1.54, 1.807) is 51.8 Å². The van der Waals surface area contributed by atoms with Crippen molar-refractivity contribution in [3.05, 3.63) is 41.0 Å². The molecule has 13 heteroatoms. The molecule has 0 saturated carbocycles. The van der Waals surface area contributed by atoms with Gasteiger partial charge in [0.05, 0.1) is 24.0 Å². The number of aryl methyl sites for hydroxylation is 1. The Morgan fingerprint density at radius 3 is 2.32 bits per heavy atom. The summed E-state index contributed by atoms with van der Waals surface area (Å²) in [7, 11) is -0.659. The molecule has 4 heterocycles. The van der Waals surface area contributed by atoms with E-state index < -0.39 is 43.6 Å². The standard InChI is InChI=1S/C37H56FN5O6Si/c1-23-21-25(42(11)33(44)47-35(2,3)4)22-27(39-23)40-32-29(38)28(24-15-14-18-43(19-16-24)34(45)48-36(5,6)7)31-30(41-32)26(17-20-46-31)49-50(12,13)37(8,9)10/h16,21-22,26H,14-15,17-20H2,1-13H3,(H,39,40,41). The lowest BCUT2D eigenvalue weighted by Crippen LogP contribution is -2.42. The third-order valence-corrected chi connectivity index (χ3v) is 13.4. The number of fused-ring (bicyclic) bond motifs is 1. The molecule has 50 heavy (non-hydrogen) atoms. The topological polar surface area (TPSA) is 115 Å². The lowest BCUT2D eigenvalue weighted by Gasteiger charge is -2.40. The molecule has 4 rings (SSSR count). The number of nitrogens with one attached hydrogen (secondary N) is 1. The highest BCUT2D eigenvalue weighted by atomic mass is 28.4.